The van der Waals surface area contributed by atoms with E-state index in [1.165, 1.54) is 24.3 Å². The zero-order chi connectivity index (χ0) is 14.7. The summed E-state index contributed by atoms with van der Waals surface area (Å²) in [7, 11) is 0. The van der Waals surface area contributed by atoms with Crippen molar-refractivity contribution >= 4 is 31.9 Å². The molecule has 2 rings (SSSR count). The van der Waals surface area contributed by atoms with E-state index in [-0.39, 0.29) is 17.7 Å². The molecule has 1 atom stereocenters. The van der Waals surface area contributed by atoms with E-state index < -0.39 is 0 Å². The van der Waals surface area contributed by atoms with Gasteiger partial charge >= 0.3 is 0 Å². The largest absolute Gasteiger partial charge is 0.271 e. The number of hydrogen-bond acceptors (Lipinski definition) is 2. The SMILES string of the molecule is NNC(Cc1ccc(F)cc1Br)c1cc(F)ccc1Br. The summed E-state index contributed by atoms with van der Waals surface area (Å²) in [6, 6.07) is 8.59. The molecular formula is C14H12Br2F2N2. The Kier molecular flexibility index (Phi) is 5.26. The summed E-state index contributed by atoms with van der Waals surface area (Å²) in [6.45, 7) is 0. The van der Waals surface area contributed by atoms with Crippen LogP contribution in [-0.2, 0) is 6.42 Å². The van der Waals surface area contributed by atoms with E-state index in [1.54, 1.807) is 12.1 Å². The van der Waals surface area contributed by atoms with E-state index in [2.05, 4.69) is 37.3 Å². The maximum Gasteiger partial charge on any atom is 0.124 e. The van der Waals surface area contributed by atoms with Gasteiger partial charge in [-0.05, 0) is 47.9 Å². The number of benzene rings is 2. The molecule has 0 saturated carbocycles. The number of hydrazine groups is 1. The van der Waals surface area contributed by atoms with Crippen LogP contribution >= 0.6 is 31.9 Å². The molecule has 6 heteroatoms. The smallest absolute Gasteiger partial charge is 0.124 e. The van der Waals surface area contributed by atoms with Crippen molar-refractivity contribution in [3.8, 4) is 0 Å². The molecule has 3 N–H and O–H groups in total. The number of rotatable bonds is 4. The highest BCUT2D eigenvalue weighted by Crippen LogP contribution is 2.29. The molecule has 2 aromatic carbocycles. The lowest BCUT2D eigenvalue weighted by molar-refractivity contribution is 0.540. The summed E-state index contributed by atoms with van der Waals surface area (Å²) in [5, 5.41) is 0. The van der Waals surface area contributed by atoms with Crippen LogP contribution < -0.4 is 11.3 Å². The number of nitrogens with two attached hydrogens (primary N) is 1. The quantitative estimate of drug-likeness (QED) is 0.589. The molecule has 0 aliphatic carbocycles. The Labute approximate surface area is 132 Å². The third kappa shape index (κ3) is 3.63. The molecule has 2 nitrogen and oxygen atoms in total. The van der Waals surface area contributed by atoms with E-state index in [0.29, 0.717) is 16.5 Å². The second kappa shape index (κ2) is 6.76. The van der Waals surface area contributed by atoms with Gasteiger partial charge in [0, 0.05) is 8.95 Å². The molecule has 106 valence electrons. The minimum absolute atomic E-state index is 0.290. The predicted octanol–water partition coefficient (Wildman–Crippen LogP) is 4.24. The Hall–Kier alpha value is -0.820. The summed E-state index contributed by atoms with van der Waals surface area (Å²) in [4.78, 5) is 0. The van der Waals surface area contributed by atoms with Crippen molar-refractivity contribution in [1.29, 1.82) is 0 Å². The highest BCUT2D eigenvalue weighted by Gasteiger charge is 2.16. The van der Waals surface area contributed by atoms with E-state index >= 15 is 0 Å². The van der Waals surface area contributed by atoms with Gasteiger partial charge in [-0.15, -0.1) is 0 Å². The van der Waals surface area contributed by atoms with Gasteiger partial charge in [-0.25, -0.2) is 8.78 Å². The maximum atomic E-state index is 13.4. The third-order valence-electron chi connectivity index (χ3n) is 2.97. The molecule has 0 aliphatic rings. The number of halogens is 4. The van der Waals surface area contributed by atoms with Crippen LogP contribution in [0.1, 0.15) is 17.2 Å². The van der Waals surface area contributed by atoms with Gasteiger partial charge in [0.05, 0.1) is 6.04 Å². The molecule has 0 heterocycles. The van der Waals surface area contributed by atoms with Crippen LogP contribution in [0.5, 0.6) is 0 Å². The summed E-state index contributed by atoms with van der Waals surface area (Å²) >= 11 is 6.70. The Morgan fingerprint density at radius 3 is 2.30 bits per heavy atom. The van der Waals surface area contributed by atoms with Gasteiger partial charge in [-0.3, -0.25) is 11.3 Å². The van der Waals surface area contributed by atoms with Crippen LogP contribution in [-0.4, -0.2) is 0 Å². The van der Waals surface area contributed by atoms with Gasteiger partial charge in [0.25, 0.3) is 0 Å². The van der Waals surface area contributed by atoms with Crippen LogP contribution in [0, 0.1) is 11.6 Å². The molecule has 20 heavy (non-hydrogen) atoms. The second-order valence-electron chi connectivity index (χ2n) is 4.32. The lowest BCUT2D eigenvalue weighted by Gasteiger charge is -2.19. The normalized spacial score (nSPS) is 12.4. The molecule has 0 spiro atoms. The Bertz CT molecular complexity index is 620. The molecule has 1 unspecified atom stereocenters. The van der Waals surface area contributed by atoms with Crippen molar-refractivity contribution in [2.45, 2.75) is 12.5 Å². The molecule has 0 aromatic heterocycles. The lowest BCUT2D eigenvalue weighted by atomic mass is 9.99. The average Bonchev–Trinajstić information content (AvgIpc) is 2.41. The van der Waals surface area contributed by atoms with Gasteiger partial charge in [0.1, 0.15) is 11.6 Å². The summed E-state index contributed by atoms with van der Waals surface area (Å²) in [5.74, 6) is 4.92. The monoisotopic (exact) mass is 404 g/mol. The minimum Gasteiger partial charge on any atom is -0.271 e. The highest BCUT2D eigenvalue weighted by atomic mass is 79.9. The fraction of sp³-hybridized carbons (Fsp3) is 0.143. The predicted molar refractivity (Wildman–Crippen MR) is 82.0 cm³/mol. The molecule has 0 fully saturated rings. The molecule has 0 amide bonds. The van der Waals surface area contributed by atoms with Crippen LogP contribution in [0.25, 0.3) is 0 Å². The second-order valence-corrected chi connectivity index (χ2v) is 6.03. The molecule has 2 aromatic rings. The molecular weight excluding hydrogens is 394 g/mol. The van der Waals surface area contributed by atoms with Gasteiger partial charge in [-0.2, -0.15) is 0 Å². The molecule has 0 saturated heterocycles. The summed E-state index contributed by atoms with van der Waals surface area (Å²) in [5.41, 5.74) is 4.26. The van der Waals surface area contributed by atoms with Crippen molar-refractivity contribution < 1.29 is 8.78 Å². The Morgan fingerprint density at radius 2 is 1.65 bits per heavy atom. The van der Waals surface area contributed by atoms with Crippen LogP contribution in [0.4, 0.5) is 8.78 Å². The molecule has 0 radical (unpaired) electrons. The van der Waals surface area contributed by atoms with Crippen molar-refractivity contribution in [3.05, 3.63) is 68.1 Å². The first kappa shape index (κ1) is 15.6. The zero-order valence-corrected chi connectivity index (χ0v) is 13.5. The topological polar surface area (TPSA) is 38.0 Å². The lowest BCUT2D eigenvalue weighted by Crippen LogP contribution is -2.30. The maximum absolute atomic E-state index is 13.4. The first-order chi connectivity index (χ1) is 9.51. The van der Waals surface area contributed by atoms with E-state index in [1.807, 2.05) is 0 Å². The van der Waals surface area contributed by atoms with E-state index in [4.69, 9.17) is 5.84 Å². The van der Waals surface area contributed by atoms with Gasteiger partial charge < -0.3 is 0 Å². The van der Waals surface area contributed by atoms with Gasteiger partial charge in [0.15, 0.2) is 0 Å². The Morgan fingerprint density at radius 1 is 1.00 bits per heavy atom. The highest BCUT2D eigenvalue weighted by molar-refractivity contribution is 9.10. The van der Waals surface area contributed by atoms with Gasteiger partial charge in [-0.1, -0.05) is 37.9 Å². The van der Waals surface area contributed by atoms with E-state index in [9.17, 15) is 8.78 Å². The first-order valence-electron chi connectivity index (χ1n) is 5.86. The summed E-state index contributed by atoms with van der Waals surface area (Å²) < 4.78 is 27.9. The third-order valence-corrected chi connectivity index (χ3v) is 4.43. The molecule has 0 bridgehead atoms. The van der Waals surface area contributed by atoms with Crippen molar-refractivity contribution in [2.24, 2.45) is 5.84 Å². The zero-order valence-electron chi connectivity index (χ0n) is 10.3. The van der Waals surface area contributed by atoms with Crippen molar-refractivity contribution in [2.75, 3.05) is 0 Å². The van der Waals surface area contributed by atoms with Crippen molar-refractivity contribution in [3.63, 3.8) is 0 Å². The van der Waals surface area contributed by atoms with E-state index in [0.717, 1.165) is 10.0 Å². The fourth-order valence-corrected chi connectivity index (χ4v) is 2.98. The number of hydrogen-bond donors (Lipinski definition) is 2. The van der Waals surface area contributed by atoms with Crippen LogP contribution in [0.15, 0.2) is 45.3 Å². The first-order valence-corrected chi connectivity index (χ1v) is 7.45. The average molecular weight is 406 g/mol. The molecule has 0 aliphatic heterocycles. The van der Waals surface area contributed by atoms with Crippen molar-refractivity contribution in [1.82, 2.24) is 5.43 Å². The Balaban J connectivity index is 2.31. The standard InChI is InChI=1S/C14H12Br2F2N2/c15-12-4-3-9(17)6-11(12)14(20-19)5-8-1-2-10(18)7-13(8)16/h1-4,6-7,14,20H,5,19H2. The number of nitrogens with one attached hydrogen (secondary N) is 1. The van der Waals surface area contributed by atoms with Crippen LogP contribution in [0.2, 0.25) is 0 Å². The summed E-state index contributed by atoms with van der Waals surface area (Å²) in [6.07, 6.45) is 0.499. The van der Waals surface area contributed by atoms with Crippen LogP contribution in [0.3, 0.4) is 0 Å². The minimum atomic E-state index is -0.332. The van der Waals surface area contributed by atoms with Gasteiger partial charge in [0.2, 0.25) is 0 Å². The fourth-order valence-electron chi connectivity index (χ4n) is 1.95.